The predicted octanol–water partition coefficient (Wildman–Crippen LogP) is 4.83. The van der Waals surface area contributed by atoms with Crippen molar-refractivity contribution in [1.29, 1.82) is 0 Å². The molecule has 31 heavy (non-hydrogen) atoms. The lowest BCUT2D eigenvalue weighted by atomic mass is 9.94. The molecule has 1 fully saturated rings. The number of rotatable bonds is 4. The van der Waals surface area contributed by atoms with Gasteiger partial charge in [-0.25, -0.2) is 13.4 Å². The molecule has 1 amide bonds. The molecule has 0 spiro atoms. The number of piperidine rings is 1. The van der Waals surface area contributed by atoms with E-state index in [1.807, 2.05) is 26.0 Å². The van der Waals surface area contributed by atoms with Gasteiger partial charge in [-0.15, -0.1) is 0 Å². The average molecular weight is 458 g/mol. The van der Waals surface area contributed by atoms with Crippen LogP contribution in [0.5, 0.6) is 0 Å². The average Bonchev–Trinajstić information content (AvgIpc) is 3.15. The molecule has 0 saturated carbocycles. The smallest absolute Gasteiger partial charge is 0.257 e. The van der Waals surface area contributed by atoms with E-state index < -0.39 is 10.0 Å². The van der Waals surface area contributed by atoms with Crippen LogP contribution in [0, 0.1) is 25.7 Å². The molecule has 1 N–H and O–H groups in total. The number of thiazole rings is 1. The molecule has 3 aromatic rings. The summed E-state index contributed by atoms with van der Waals surface area (Å²) in [5, 5.41) is 3.38. The van der Waals surface area contributed by atoms with Gasteiger partial charge >= 0.3 is 0 Å². The number of amides is 1. The first-order valence-electron chi connectivity index (χ1n) is 10.4. The third-order valence-corrected chi connectivity index (χ3v) is 8.70. The minimum atomic E-state index is -3.56. The molecule has 0 radical (unpaired) electrons. The first kappa shape index (κ1) is 21.9. The van der Waals surface area contributed by atoms with Crippen LogP contribution in [-0.2, 0) is 10.0 Å². The van der Waals surface area contributed by atoms with Gasteiger partial charge in [0.05, 0.1) is 15.1 Å². The number of nitrogens with zero attached hydrogens (tertiary/aromatic N) is 2. The van der Waals surface area contributed by atoms with Gasteiger partial charge < -0.3 is 0 Å². The maximum absolute atomic E-state index is 13.0. The van der Waals surface area contributed by atoms with Gasteiger partial charge in [-0.05, 0) is 67.5 Å². The van der Waals surface area contributed by atoms with Crippen molar-refractivity contribution >= 4 is 42.6 Å². The highest BCUT2D eigenvalue weighted by atomic mass is 32.2. The van der Waals surface area contributed by atoms with Crippen LogP contribution in [0.2, 0.25) is 0 Å². The lowest BCUT2D eigenvalue weighted by Gasteiger charge is -2.34. The number of carbonyl (C=O) groups excluding carboxylic acids is 1. The topological polar surface area (TPSA) is 79.4 Å². The van der Waals surface area contributed by atoms with E-state index >= 15 is 0 Å². The van der Waals surface area contributed by atoms with Gasteiger partial charge in [0.15, 0.2) is 5.13 Å². The molecule has 2 heterocycles. The standard InChI is InChI=1S/C23H27N3O3S2/c1-14-11-15(2)13-26(12-14)31(28,29)19-9-7-18(8-10-19)22(27)25-23-24-20-16(3)5-6-17(4)21(20)30-23/h5-10,14-15H,11-13H2,1-4H3,(H,24,25,27)/t14-,15-/m1/s1. The molecule has 4 rings (SSSR count). The van der Waals surface area contributed by atoms with E-state index in [0.717, 1.165) is 27.8 Å². The zero-order valence-electron chi connectivity index (χ0n) is 18.2. The molecule has 0 bridgehead atoms. The van der Waals surface area contributed by atoms with Crippen molar-refractivity contribution < 1.29 is 13.2 Å². The fourth-order valence-electron chi connectivity index (χ4n) is 4.21. The molecule has 1 aliphatic rings. The predicted molar refractivity (Wildman–Crippen MR) is 125 cm³/mol. The quantitative estimate of drug-likeness (QED) is 0.608. The minimum absolute atomic E-state index is 0.219. The Morgan fingerprint density at radius 1 is 1.03 bits per heavy atom. The number of sulfonamides is 1. The van der Waals surface area contributed by atoms with Gasteiger partial charge in [-0.1, -0.05) is 37.3 Å². The summed E-state index contributed by atoms with van der Waals surface area (Å²) < 4.78 is 28.7. The van der Waals surface area contributed by atoms with E-state index in [0.29, 0.717) is 35.6 Å². The van der Waals surface area contributed by atoms with E-state index in [-0.39, 0.29) is 10.8 Å². The Morgan fingerprint density at radius 2 is 1.65 bits per heavy atom. The van der Waals surface area contributed by atoms with Crippen molar-refractivity contribution in [3.05, 3.63) is 53.1 Å². The molecule has 1 saturated heterocycles. The summed E-state index contributed by atoms with van der Waals surface area (Å²) in [6.07, 6.45) is 1.04. The fraction of sp³-hybridized carbons (Fsp3) is 0.391. The largest absolute Gasteiger partial charge is 0.298 e. The highest BCUT2D eigenvalue weighted by molar-refractivity contribution is 7.89. The molecule has 0 unspecified atom stereocenters. The maximum atomic E-state index is 13.0. The Hall–Kier alpha value is -2.29. The fourth-order valence-corrected chi connectivity index (χ4v) is 6.90. The summed E-state index contributed by atoms with van der Waals surface area (Å²) >= 11 is 1.44. The number of benzene rings is 2. The summed E-state index contributed by atoms with van der Waals surface area (Å²) in [4.78, 5) is 17.5. The van der Waals surface area contributed by atoms with Crippen molar-refractivity contribution in [2.24, 2.45) is 11.8 Å². The second-order valence-electron chi connectivity index (χ2n) is 8.64. The van der Waals surface area contributed by atoms with Crippen LogP contribution in [0.25, 0.3) is 10.2 Å². The highest BCUT2D eigenvalue weighted by Gasteiger charge is 2.31. The van der Waals surface area contributed by atoms with Gasteiger partial charge in [-0.2, -0.15) is 4.31 Å². The lowest BCUT2D eigenvalue weighted by Crippen LogP contribution is -2.42. The Kier molecular flexibility index (Phi) is 5.89. The number of fused-ring (bicyclic) bond motifs is 1. The number of hydrogen-bond acceptors (Lipinski definition) is 5. The molecule has 6 nitrogen and oxygen atoms in total. The SMILES string of the molecule is Cc1ccc(C)c2sc(NC(=O)c3ccc(S(=O)(=O)N4C[C@H](C)C[C@@H](C)C4)cc3)nc12. The van der Waals surface area contributed by atoms with Gasteiger partial charge in [0.25, 0.3) is 5.91 Å². The highest BCUT2D eigenvalue weighted by Crippen LogP contribution is 2.31. The van der Waals surface area contributed by atoms with Crippen LogP contribution < -0.4 is 5.32 Å². The van der Waals surface area contributed by atoms with E-state index in [2.05, 4.69) is 24.1 Å². The van der Waals surface area contributed by atoms with Crippen molar-refractivity contribution in [3.63, 3.8) is 0 Å². The number of nitrogens with one attached hydrogen (secondary N) is 1. The Balaban J connectivity index is 1.52. The lowest BCUT2D eigenvalue weighted by molar-refractivity contribution is 0.102. The normalized spacial score (nSPS) is 20.1. The zero-order valence-corrected chi connectivity index (χ0v) is 19.8. The van der Waals surface area contributed by atoms with Crippen molar-refractivity contribution in [3.8, 4) is 0 Å². The Bertz CT molecular complexity index is 1180. The Morgan fingerprint density at radius 3 is 2.26 bits per heavy atom. The summed E-state index contributed by atoms with van der Waals surface area (Å²) in [5.74, 6) is 0.368. The molecule has 1 aromatic heterocycles. The molecular weight excluding hydrogens is 430 g/mol. The van der Waals surface area contributed by atoms with Crippen LogP contribution in [-0.4, -0.2) is 36.7 Å². The summed E-state index contributed by atoms with van der Waals surface area (Å²) in [5.41, 5.74) is 3.47. The van der Waals surface area contributed by atoms with Gasteiger partial charge in [0.1, 0.15) is 0 Å². The van der Waals surface area contributed by atoms with E-state index in [9.17, 15) is 13.2 Å². The zero-order chi connectivity index (χ0) is 22.3. The molecule has 164 valence electrons. The van der Waals surface area contributed by atoms with Crippen molar-refractivity contribution in [1.82, 2.24) is 9.29 Å². The summed E-state index contributed by atoms with van der Waals surface area (Å²) in [6.45, 7) is 9.24. The van der Waals surface area contributed by atoms with Crippen LogP contribution >= 0.6 is 11.3 Å². The van der Waals surface area contributed by atoms with E-state index in [4.69, 9.17) is 0 Å². The molecule has 1 aliphatic heterocycles. The van der Waals surface area contributed by atoms with Gasteiger partial charge in [-0.3, -0.25) is 10.1 Å². The minimum Gasteiger partial charge on any atom is -0.298 e. The second kappa shape index (κ2) is 8.33. The maximum Gasteiger partial charge on any atom is 0.257 e. The number of aromatic nitrogens is 1. The van der Waals surface area contributed by atoms with Gasteiger partial charge in [0, 0.05) is 18.7 Å². The third kappa shape index (κ3) is 4.37. The number of carbonyl (C=O) groups is 1. The van der Waals surface area contributed by atoms with Crippen LogP contribution in [0.4, 0.5) is 5.13 Å². The molecule has 0 aliphatic carbocycles. The Labute approximate surface area is 187 Å². The monoisotopic (exact) mass is 457 g/mol. The van der Waals surface area contributed by atoms with Gasteiger partial charge in [0.2, 0.25) is 10.0 Å². The van der Waals surface area contributed by atoms with Crippen LogP contribution in [0.1, 0.15) is 41.8 Å². The van der Waals surface area contributed by atoms with Crippen LogP contribution in [0.3, 0.4) is 0 Å². The third-order valence-electron chi connectivity index (χ3n) is 5.75. The molecule has 2 aromatic carbocycles. The number of anilines is 1. The van der Waals surface area contributed by atoms with Crippen LogP contribution in [0.15, 0.2) is 41.3 Å². The van der Waals surface area contributed by atoms with E-state index in [1.165, 1.54) is 23.5 Å². The van der Waals surface area contributed by atoms with Crippen molar-refractivity contribution in [2.75, 3.05) is 18.4 Å². The number of hydrogen-bond donors (Lipinski definition) is 1. The molecule has 2 atom stereocenters. The number of aryl methyl sites for hydroxylation is 2. The van der Waals surface area contributed by atoms with E-state index in [1.54, 1.807) is 16.4 Å². The second-order valence-corrected chi connectivity index (χ2v) is 11.6. The van der Waals surface area contributed by atoms with Crippen molar-refractivity contribution in [2.45, 2.75) is 39.0 Å². The summed E-state index contributed by atoms with van der Waals surface area (Å²) in [7, 11) is -3.56. The first-order chi connectivity index (χ1) is 14.6. The first-order valence-corrected chi connectivity index (χ1v) is 12.7. The molecule has 8 heteroatoms. The molecular formula is C23H27N3O3S2. The summed E-state index contributed by atoms with van der Waals surface area (Å²) in [6, 6.07) is 10.2.